The number of phenols is 2. The van der Waals surface area contributed by atoms with Gasteiger partial charge in [-0.3, -0.25) is 27.8 Å². The van der Waals surface area contributed by atoms with Gasteiger partial charge in [0.2, 0.25) is 0 Å². The fourth-order valence-corrected chi connectivity index (χ4v) is 8.75. The topological polar surface area (TPSA) is 357 Å². The summed E-state index contributed by atoms with van der Waals surface area (Å²) in [5, 5.41) is 29.4. The van der Waals surface area contributed by atoms with Crippen LogP contribution in [0.25, 0.3) is 21.5 Å². The third-order valence-electron chi connectivity index (χ3n) is 9.18. The maximum Gasteiger partial charge on any atom is 0.323 e. The lowest BCUT2D eigenvalue weighted by Gasteiger charge is -2.16. The molecule has 324 valence electrons. The fraction of sp³-hybridized carbons (Fsp3) is 0.0541. The van der Waals surface area contributed by atoms with Crippen molar-refractivity contribution >= 4 is 103 Å². The Morgan fingerprint density at radius 3 is 1.13 bits per heavy atom. The van der Waals surface area contributed by atoms with Crippen LogP contribution >= 0.6 is 0 Å². The monoisotopic (exact) mass is 930 g/mol. The van der Waals surface area contributed by atoms with Crippen LogP contribution in [0.15, 0.2) is 105 Å². The number of aryl methyl sites for hydroxylation is 2. The molecule has 6 aromatic carbocycles. The number of aromatic hydroxyl groups is 2. The third-order valence-corrected chi connectivity index (χ3v) is 12.7. The molecular weight excluding hydrogens is 901 g/mol. The molecule has 0 unspecified atom stereocenters. The number of carbonyl (C=O) groups excluding carboxylic acids is 3. The number of phenolic OH excluding ortho intramolecular Hbond substituents is 2. The van der Waals surface area contributed by atoms with E-state index in [1.165, 1.54) is 50.2 Å². The zero-order valence-electron chi connectivity index (χ0n) is 31.4. The van der Waals surface area contributed by atoms with Crippen LogP contribution in [0.2, 0.25) is 0 Å². The molecule has 0 spiro atoms. The molecule has 0 saturated heterocycles. The molecule has 0 aliphatic rings. The van der Waals surface area contributed by atoms with Crippen LogP contribution in [0.4, 0.5) is 27.5 Å². The summed E-state index contributed by atoms with van der Waals surface area (Å²) in [4.78, 5) is 36.7. The van der Waals surface area contributed by atoms with Gasteiger partial charge in [-0.2, -0.15) is 33.7 Å². The normalized spacial score (nSPS) is 12.2. The first kappa shape index (κ1) is 44.8. The van der Waals surface area contributed by atoms with Gasteiger partial charge in [-0.15, -0.1) is 0 Å². The van der Waals surface area contributed by atoms with E-state index in [0.29, 0.717) is 35.4 Å². The molecule has 6 rings (SSSR count). The Bertz CT molecular complexity index is 3190. The molecule has 4 amide bonds. The van der Waals surface area contributed by atoms with Crippen LogP contribution in [-0.4, -0.2) is 79.9 Å². The van der Waals surface area contributed by atoms with Crippen LogP contribution < -0.4 is 21.3 Å². The number of amides is 4. The summed E-state index contributed by atoms with van der Waals surface area (Å²) in [5.74, 6) is -3.47. The molecule has 10 N–H and O–H groups in total. The number of hydrogen-bond acceptors (Lipinski definition) is 13. The molecule has 0 saturated carbocycles. The van der Waals surface area contributed by atoms with Crippen molar-refractivity contribution in [1.82, 2.24) is 0 Å². The molecule has 21 nitrogen and oxygen atoms in total. The van der Waals surface area contributed by atoms with E-state index in [4.69, 9.17) is 0 Å². The van der Waals surface area contributed by atoms with Crippen LogP contribution in [-0.2, 0) is 40.5 Å². The molecule has 0 bridgehead atoms. The van der Waals surface area contributed by atoms with E-state index in [9.17, 15) is 76.5 Å². The van der Waals surface area contributed by atoms with E-state index in [1.807, 2.05) is 0 Å². The minimum absolute atomic E-state index is 0.0458. The Balaban J connectivity index is 1.23. The molecule has 0 atom stereocenters. The second kappa shape index (κ2) is 16.0. The van der Waals surface area contributed by atoms with Crippen molar-refractivity contribution in [2.75, 3.05) is 21.3 Å². The van der Waals surface area contributed by atoms with Gasteiger partial charge in [-0.05, 0) is 85.6 Å². The molecule has 6 aromatic rings. The Labute approximate surface area is 351 Å². The van der Waals surface area contributed by atoms with Gasteiger partial charge in [0.1, 0.15) is 21.3 Å². The van der Waals surface area contributed by atoms with Crippen molar-refractivity contribution in [1.29, 1.82) is 0 Å². The van der Waals surface area contributed by atoms with Crippen molar-refractivity contribution in [3.05, 3.63) is 107 Å². The number of benzene rings is 6. The highest BCUT2D eigenvalue weighted by Crippen LogP contribution is 2.40. The fourth-order valence-electron chi connectivity index (χ4n) is 6.34. The minimum atomic E-state index is -5.01. The van der Waals surface area contributed by atoms with Gasteiger partial charge in [0.15, 0.2) is 0 Å². The predicted molar refractivity (Wildman–Crippen MR) is 221 cm³/mol. The highest BCUT2D eigenvalue weighted by Gasteiger charge is 2.26. The number of carbonyl (C=O) groups is 3. The smallest absolute Gasteiger partial charge is 0.323 e. The van der Waals surface area contributed by atoms with Gasteiger partial charge >= 0.3 is 6.03 Å². The minimum Gasteiger partial charge on any atom is -0.507 e. The van der Waals surface area contributed by atoms with Gasteiger partial charge in [0.25, 0.3) is 52.3 Å². The lowest BCUT2D eigenvalue weighted by atomic mass is 10.0. The molecule has 0 radical (unpaired) electrons. The maximum absolute atomic E-state index is 13.5. The Kier molecular flexibility index (Phi) is 11.5. The quantitative estimate of drug-likeness (QED) is 0.0793. The largest absolute Gasteiger partial charge is 0.507 e. The molecule has 0 heterocycles. The van der Waals surface area contributed by atoms with Gasteiger partial charge in [-0.1, -0.05) is 12.1 Å². The Morgan fingerprint density at radius 2 is 0.806 bits per heavy atom. The summed E-state index contributed by atoms with van der Waals surface area (Å²) in [5.41, 5.74) is 0.293. The van der Waals surface area contributed by atoms with Gasteiger partial charge in [0, 0.05) is 56.2 Å². The second-order valence-corrected chi connectivity index (χ2v) is 19.0. The standard InChI is InChI=1S/C37H30N4O17S4/c1-17-3-5-19(11-23(17)35(44)40-27-7-9-31(61(53,54)55)25-13-21(59(47,48)49)15-29(42)33(25)27)38-37(46)39-20-6-4-18(2)24(12-20)36(45)41-28-8-10-32(62(56,57)58)26-14-22(60(50,51)52)16-30(43)34(26)28/h3-16,42-43H,1-2H3,(H,40,44)(H,41,45)(H2,38,39,46)(H,47,48,49)(H,50,51,52)(H,53,54,55)(H,56,57,58). The van der Waals surface area contributed by atoms with E-state index >= 15 is 0 Å². The molecular formula is C37H30N4O17S4. The highest BCUT2D eigenvalue weighted by atomic mass is 32.2. The van der Waals surface area contributed by atoms with Crippen LogP contribution in [0, 0.1) is 13.8 Å². The summed E-state index contributed by atoms with van der Waals surface area (Å²) in [6.45, 7) is 3.08. The molecule has 0 fully saturated rings. The first-order valence-electron chi connectivity index (χ1n) is 17.0. The predicted octanol–water partition coefficient (Wildman–Crippen LogP) is 5.16. The van der Waals surface area contributed by atoms with E-state index in [1.54, 1.807) is 0 Å². The van der Waals surface area contributed by atoms with Crippen LogP contribution in [0.5, 0.6) is 11.5 Å². The Hall–Kier alpha value is -6.71. The van der Waals surface area contributed by atoms with Crippen molar-refractivity contribution in [3.63, 3.8) is 0 Å². The summed E-state index contributed by atoms with van der Waals surface area (Å²) < 4.78 is 134. The zero-order valence-corrected chi connectivity index (χ0v) is 34.7. The van der Waals surface area contributed by atoms with Crippen molar-refractivity contribution in [2.24, 2.45) is 0 Å². The number of urea groups is 1. The van der Waals surface area contributed by atoms with E-state index in [2.05, 4.69) is 21.3 Å². The first-order chi connectivity index (χ1) is 28.6. The van der Waals surface area contributed by atoms with Crippen LogP contribution in [0.1, 0.15) is 31.8 Å². The number of rotatable bonds is 10. The SMILES string of the molecule is Cc1ccc(NC(=O)Nc2ccc(C)c(C(=O)Nc3ccc(S(=O)(=O)O)c4cc(S(=O)(=O)O)cc(O)c34)c2)cc1C(=O)Nc1ccc(S(=O)(=O)O)c2cc(S(=O)(=O)O)cc(O)c12. The second-order valence-electron chi connectivity index (χ2n) is 13.4. The van der Waals surface area contributed by atoms with Gasteiger partial charge < -0.3 is 31.5 Å². The van der Waals surface area contributed by atoms with Crippen molar-refractivity contribution < 1.29 is 76.5 Å². The zero-order chi connectivity index (χ0) is 45.9. The van der Waals surface area contributed by atoms with Crippen molar-refractivity contribution in [3.8, 4) is 11.5 Å². The van der Waals surface area contributed by atoms with Gasteiger partial charge in [-0.25, -0.2) is 4.79 Å². The number of hydrogen-bond donors (Lipinski definition) is 10. The van der Waals surface area contributed by atoms with Crippen LogP contribution in [0.3, 0.4) is 0 Å². The number of nitrogens with one attached hydrogen (secondary N) is 4. The van der Waals surface area contributed by atoms with Crippen molar-refractivity contribution in [2.45, 2.75) is 33.4 Å². The summed E-state index contributed by atoms with van der Waals surface area (Å²) >= 11 is 0. The third kappa shape index (κ3) is 9.28. The lowest BCUT2D eigenvalue weighted by Crippen LogP contribution is -2.21. The average molecular weight is 931 g/mol. The molecule has 62 heavy (non-hydrogen) atoms. The molecule has 25 heteroatoms. The van der Waals surface area contributed by atoms with E-state index in [-0.39, 0.29) is 33.9 Å². The maximum atomic E-state index is 13.5. The van der Waals surface area contributed by atoms with E-state index < -0.39 is 111 Å². The summed E-state index contributed by atoms with van der Waals surface area (Å²) in [6.07, 6.45) is 0. The summed E-state index contributed by atoms with van der Waals surface area (Å²) in [7, 11) is -20.0. The summed E-state index contributed by atoms with van der Waals surface area (Å²) in [6, 6.07) is 13.7. The first-order valence-corrected chi connectivity index (χ1v) is 22.8. The molecule has 0 aromatic heterocycles. The lowest BCUT2D eigenvalue weighted by molar-refractivity contribution is 0.101. The number of anilines is 4. The molecule has 0 aliphatic heterocycles. The van der Waals surface area contributed by atoms with E-state index in [0.717, 1.165) is 24.3 Å². The Morgan fingerprint density at radius 1 is 0.452 bits per heavy atom. The van der Waals surface area contributed by atoms with Gasteiger partial charge in [0.05, 0.1) is 21.2 Å². The highest BCUT2D eigenvalue weighted by molar-refractivity contribution is 7.87. The molecule has 0 aliphatic carbocycles. The average Bonchev–Trinajstić information content (AvgIpc) is 3.14. The number of fused-ring (bicyclic) bond motifs is 2.